The lowest BCUT2D eigenvalue weighted by molar-refractivity contribution is 0.0473. The highest BCUT2D eigenvalue weighted by Crippen LogP contribution is 2.31. The van der Waals surface area contributed by atoms with E-state index in [1.165, 1.54) is 17.9 Å². The van der Waals surface area contributed by atoms with E-state index in [-0.39, 0.29) is 6.04 Å². The van der Waals surface area contributed by atoms with Gasteiger partial charge in [-0.15, -0.1) is 0 Å². The van der Waals surface area contributed by atoms with Crippen LogP contribution in [-0.4, -0.2) is 40.9 Å². The highest BCUT2D eigenvalue weighted by Gasteiger charge is 2.32. The number of nitrogens with zero attached hydrogens (tertiary/aromatic N) is 2. The Morgan fingerprint density at radius 2 is 2.16 bits per heavy atom. The van der Waals surface area contributed by atoms with Crippen molar-refractivity contribution in [3.8, 4) is 0 Å². The second-order valence-corrected chi connectivity index (χ2v) is 6.48. The molecule has 3 heterocycles. The van der Waals surface area contributed by atoms with Crippen molar-refractivity contribution in [2.45, 2.75) is 38.3 Å². The van der Waals surface area contributed by atoms with Crippen molar-refractivity contribution < 1.29 is 9.26 Å². The molecular formula is C13H21N3O2S. The number of aromatic nitrogens is 2. The smallest absolute Gasteiger partial charge is 0.244 e. The Morgan fingerprint density at radius 1 is 1.32 bits per heavy atom. The molecule has 0 aromatic carbocycles. The van der Waals surface area contributed by atoms with Crippen molar-refractivity contribution in [2.24, 2.45) is 5.92 Å². The lowest BCUT2D eigenvalue weighted by Gasteiger charge is -2.30. The van der Waals surface area contributed by atoms with Gasteiger partial charge in [0.2, 0.25) is 5.89 Å². The summed E-state index contributed by atoms with van der Waals surface area (Å²) in [4.78, 5) is 4.44. The van der Waals surface area contributed by atoms with Crippen LogP contribution in [0.15, 0.2) is 4.52 Å². The predicted molar refractivity (Wildman–Crippen MR) is 74.2 cm³/mol. The summed E-state index contributed by atoms with van der Waals surface area (Å²) in [6.07, 6.45) is 3.37. The van der Waals surface area contributed by atoms with Crippen LogP contribution in [0.3, 0.4) is 0 Å². The van der Waals surface area contributed by atoms with Crippen molar-refractivity contribution in [2.75, 3.05) is 24.7 Å². The first-order valence-electron chi connectivity index (χ1n) is 7.04. The Morgan fingerprint density at radius 3 is 2.79 bits per heavy atom. The average molecular weight is 283 g/mol. The molecule has 5 nitrogen and oxygen atoms in total. The summed E-state index contributed by atoms with van der Waals surface area (Å²) in [6.45, 7) is 3.56. The summed E-state index contributed by atoms with van der Waals surface area (Å²) in [5, 5.41) is 7.69. The average Bonchev–Trinajstić information content (AvgIpc) is 3.08. The van der Waals surface area contributed by atoms with Gasteiger partial charge in [0.05, 0.1) is 6.04 Å². The molecule has 0 radical (unpaired) electrons. The van der Waals surface area contributed by atoms with E-state index in [0.717, 1.165) is 37.8 Å². The lowest BCUT2D eigenvalue weighted by atomic mass is 9.91. The van der Waals surface area contributed by atoms with Gasteiger partial charge in [-0.1, -0.05) is 5.16 Å². The summed E-state index contributed by atoms with van der Waals surface area (Å²) in [6, 6.07) is 0.763. The second kappa shape index (κ2) is 6.24. The van der Waals surface area contributed by atoms with Crippen molar-refractivity contribution in [1.29, 1.82) is 0 Å². The van der Waals surface area contributed by atoms with Crippen LogP contribution >= 0.6 is 11.8 Å². The molecule has 19 heavy (non-hydrogen) atoms. The van der Waals surface area contributed by atoms with Gasteiger partial charge in [0.1, 0.15) is 0 Å². The molecule has 0 bridgehead atoms. The van der Waals surface area contributed by atoms with Crippen LogP contribution < -0.4 is 5.32 Å². The molecular weight excluding hydrogens is 262 g/mol. The number of aryl methyl sites for hydroxylation is 1. The summed E-state index contributed by atoms with van der Waals surface area (Å²) in [7, 11) is 0. The van der Waals surface area contributed by atoms with Crippen LogP contribution in [0.2, 0.25) is 0 Å². The fourth-order valence-electron chi connectivity index (χ4n) is 2.82. The first-order valence-corrected chi connectivity index (χ1v) is 8.20. The van der Waals surface area contributed by atoms with E-state index in [4.69, 9.17) is 9.26 Å². The summed E-state index contributed by atoms with van der Waals surface area (Å²) < 4.78 is 10.9. The third-order valence-electron chi connectivity index (χ3n) is 3.89. The van der Waals surface area contributed by atoms with Crippen molar-refractivity contribution in [3.63, 3.8) is 0 Å². The van der Waals surface area contributed by atoms with Crippen LogP contribution in [0.1, 0.15) is 37.0 Å². The van der Waals surface area contributed by atoms with Gasteiger partial charge in [0, 0.05) is 25.0 Å². The minimum Gasteiger partial charge on any atom is -0.381 e. The molecule has 1 aromatic rings. The number of hydrogen-bond donors (Lipinski definition) is 1. The normalized spacial score (nSPS) is 26.7. The van der Waals surface area contributed by atoms with Gasteiger partial charge in [-0.3, -0.25) is 0 Å². The molecule has 6 heteroatoms. The van der Waals surface area contributed by atoms with Crippen molar-refractivity contribution >= 4 is 11.8 Å². The topological polar surface area (TPSA) is 60.2 Å². The number of hydrogen-bond acceptors (Lipinski definition) is 6. The Bertz CT molecular complexity index is 400. The molecule has 1 N–H and O–H groups in total. The molecule has 2 atom stereocenters. The van der Waals surface area contributed by atoms with Crippen LogP contribution in [0, 0.1) is 12.8 Å². The highest BCUT2D eigenvalue weighted by atomic mass is 32.2. The Kier molecular flexibility index (Phi) is 4.40. The van der Waals surface area contributed by atoms with Gasteiger partial charge in [0.25, 0.3) is 0 Å². The number of rotatable bonds is 4. The molecule has 3 rings (SSSR count). The number of ether oxygens (including phenoxy) is 1. The zero-order chi connectivity index (χ0) is 13.1. The summed E-state index contributed by atoms with van der Waals surface area (Å²) in [5.74, 6) is 4.45. The molecule has 106 valence electrons. The molecule has 0 aliphatic carbocycles. The zero-order valence-corrected chi connectivity index (χ0v) is 12.1. The predicted octanol–water partition coefficient (Wildman–Crippen LogP) is 1.94. The number of thioether (sulfide) groups is 1. The quantitative estimate of drug-likeness (QED) is 0.911. The molecule has 0 amide bonds. The first kappa shape index (κ1) is 13.4. The van der Waals surface area contributed by atoms with Gasteiger partial charge >= 0.3 is 0 Å². The van der Waals surface area contributed by atoms with Crippen LogP contribution in [-0.2, 0) is 4.74 Å². The van der Waals surface area contributed by atoms with E-state index in [0.29, 0.717) is 12.0 Å². The van der Waals surface area contributed by atoms with Gasteiger partial charge in [-0.2, -0.15) is 16.7 Å². The fraction of sp³-hybridized carbons (Fsp3) is 0.846. The monoisotopic (exact) mass is 283 g/mol. The molecule has 2 aliphatic heterocycles. The SMILES string of the molecule is Cc1noc([C@@H](N[C@H]2CCSC2)C2CCOCC2)n1. The van der Waals surface area contributed by atoms with E-state index in [1.807, 2.05) is 18.7 Å². The summed E-state index contributed by atoms with van der Waals surface area (Å²) in [5.41, 5.74) is 0. The first-order chi connectivity index (χ1) is 9.33. The van der Waals surface area contributed by atoms with Gasteiger partial charge < -0.3 is 14.6 Å². The summed E-state index contributed by atoms with van der Waals surface area (Å²) >= 11 is 2.02. The van der Waals surface area contributed by atoms with E-state index in [9.17, 15) is 0 Å². The molecule has 0 saturated carbocycles. The van der Waals surface area contributed by atoms with Crippen molar-refractivity contribution in [3.05, 3.63) is 11.7 Å². The maximum absolute atomic E-state index is 5.46. The zero-order valence-electron chi connectivity index (χ0n) is 11.3. The standard InChI is InChI=1S/C13H21N3O2S/c1-9-14-13(18-16-9)12(10-2-5-17-6-3-10)15-11-4-7-19-8-11/h10-12,15H,2-8H2,1H3/t11-,12-/m0/s1. The highest BCUT2D eigenvalue weighted by molar-refractivity contribution is 7.99. The van der Waals surface area contributed by atoms with E-state index in [2.05, 4.69) is 15.5 Å². The minimum atomic E-state index is 0.189. The van der Waals surface area contributed by atoms with Gasteiger partial charge in [0.15, 0.2) is 5.82 Å². The molecule has 0 unspecified atom stereocenters. The Balaban J connectivity index is 1.73. The number of nitrogens with one attached hydrogen (secondary N) is 1. The van der Waals surface area contributed by atoms with Crippen LogP contribution in [0.4, 0.5) is 0 Å². The molecule has 2 fully saturated rings. The van der Waals surface area contributed by atoms with E-state index in [1.54, 1.807) is 0 Å². The molecule has 0 spiro atoms. The van der Waals surface area contributed by atoms with Crippen LogP contribution in [0.5, 0.6) is 0 Å². The van der Waals surface area contributed by atoms with Gasteiger partial charge in [-0.05, 0) is 37.9 Å². The largest absolute Gasteiger partial charge is 0.381 e. The fourth-order valence-corrected chi connectivity index (χ4v) is 3.98. The second-order valence-electron chi connectivity index (χ2n) is 5.33. The molecule has 2 aliphatic rings. The third-order valence-corrected chi connectivity index (χ3v) is 5.05. The molecule has 2 saturated heterocycles. The third kappa shape index (κ3) is 3.30. The Hall–Kier alpha value is -0.590. The van der Waals surface area contributed by atoms with Crippen molar-refractivity contribution in [1.82, 2.24) is 15.5 Å². The molecule has 1 aromatic heterocycles. The van der Waals surface area contributed by atoms with Gasteiger partial charge in [-0.25, -0.2) is 0 Å². The maximum atomic E-state index is 5.46. The lowest BCUT2D eigenvalue weighted by Crippen LogP contribution is -2.38. The van der Waals surface area contributed by atoms with Crippen LogP contribution in [0.25, 0.3) is 0 Å². The Labute approximate surface area is 117 Å². The minimum absolute atomic E-state index is 0.189. The maximum Gasteiger partial charge on any atom is 0.244 e. The van der Waals surface area contributed by atoms with E-state index >= 15 is 0 Å². The van der Waals surface area contributed by atoms with E-state index < -0.39 is 0 Å².